The molecule has 0 amide bonds. The van der Waals surface area contributed by atoms with Crippen LogP contribution < -0.4 is 4.74 Å². The molecule has 3 aliphatic rings. The lowest BCUT2D eigenvalue weighted by Crippen LogP contribution is -2.48. The fraction of sp³-hybridized carbons (Fsp3) is 0.467. The summed E-state index contributed by atoms with van der Waals surface area (Å²) in [7, 11) is 0. The van der Waals surface area contributed by atoms with Crippen LogP contribution in [-0.2, 0) is 0 Å². The Kier molecular flexibility index (Phi) is 5.58. The summed E-state index contributed by atoms with van der Waals surface area (Å²) in [6.07, 6.45) is 6.89. The molecule has 5 unspecified atom stereocenters. The molecule has 2 aromatic rings. The van der Waals surface area contributed by atoms with Crippen molar-refractivity contribution in [3.63, 3.8) is 0 Å². The maximum Gasteiger partial charge on any atom is 0.157 e. The van der Waals surface area contributed by atoms with Gasteiger partial charge in [0, 0.05) is 22.8 Å². The van der Waals surface area contributed by atoms with E-state index in [4.69, 9.17) is 4.74 Å². The molecule has 2 N–H and O–H groups in total. The molecule has 0 saturated heterocycles. The predicted octanol–water partition coefficient (Wildman–Crippen LogP) is 6.41. The number of carbonyl (C=O) groups is 2. The molecule has 0 spiro atoms. The summed E-state index contributed by atoms with van der Waals surface area (Å²) >= 11 is 0. The number of hydrogen-bond acceptors (Lipinski definition) is 5. The van der Waals surface area contributed by atoms with Gasteiger partial charge in [-0.25, -0.2) is 0 Å². The normalized spacial score (nSPS) is 32.5. The SMILES string of the molecule is C/C1=C/CCC2(C)C(c3ccccc3)c3c(O)c(C=O)c(O)c(C=O)c3OC2C2C(CC1)C2(C)C. The molecular weight excluding hydrogens is 440 g/mol. The van der Waals surface area contributed by atoms with Crippen LogP contribution in [0.5, 0.6) is 17.2 Å². The van der Waals surface area contributed by atoms with Gasteiger partial charge in [-0.1, -0.05) is 62.8 Å². The molecule has 35 heavy (non-hydrogen) atoms. The van der Waals surface area contributed by atoms with Crippen molar-refractivity contribution in [1.29, 1.82) is 0 Å². The van der Waals surface area contributed by atoms with Crippen LogP contribution in [0.2, 0.25) is 0 Å². The fourth-order valence-electron chi connectivity index (χ4n) is 7.15. The lowest BCUT2D eigenvalue weighted by atomic mass is 9.60. The van der Waals surface area contributed by atoms with Gasteiger partial charge in [-0.3, -0.25) is 9.59 Å². The van der Waals surface area contributed by atoms with E-state index in [-0.39, 0.29) is 46.0 Å². The van der Waals surface area contributed by atoms with Crippen molar-refractivity contribution in [2.24, 2.45) is 22.7 Å². The van der Waals surface area contributed by atoms with E-state index in [0.717, 1.165) is 31.2 Å². The predicted molar refractivity (Wildman–Crippen MR) is 134 cm³/mol. The van der Waals surface area contributed by atoms with Crippen LogP contribution >= 0.6 is 0 Å². The molecule has 0 radical (unpaired) electrons. The van der Waals surface area contributed by atoms with Crippen molar-refractivity contribution in [2.75, 3.05) is 0 Å². The number of aromatic hydroxyl groups is 2. The fourth-order valence-corrected chi connectivity index (χ4v) is 7.15. The van der Waals surface area contributed by atoms with Crippen LogP contribution in [0.3, 0.4) is 0 Å². The Labute approximate surface area is 206 Å². The van der Waals surface area contributed by atoms with Gasteiger partial charge in [0.05, 0.1) is 11.1 Å². The van der Waals surface area contributed by atoms with Crippen molar-refractivity contribution in [1.82, 2.24) is 0 Å². The highest BCUT2D eigenvalue weighted by atomic mass is 16.5. The number of carbonyl (C=O) groups excluding carboxylic acids is 2. The van der Waals surface area contributed by atoms with Gasteiger partial charge in [-0.2, -0.15) is 0 Å². The molecule has 0 bridgehead atoms. The summed E-state index contributed by atoms with van der Waals surface area (Å²) in [5.41, 5.74) is 2.14. The number of allylic oxidation sites excluding steroid dienone is 2. The first-order chi connectivity index (χ1) is 16.7. The highest BCUT2D eigenvalue weighted by Crippen LogP contribution is 2.70. The molecule has 1 aliphatic heterocycles. The Morgan fingerprint density at radius 2 is 1.69 bits per heavy atom. The maximum atomic E-state index is 12.2. The number of benzene rings is 2. The van der Waals surface area contributed by atoms with E-state index in [9.17, 15) is 19.8 Å². The Hall–Kier alpha value is -3.08. The van der Waals surface area contributed by atoms with E-state index < -0.39 is 11.2 Å². The largest absolute Gasteiger partial charge is 0.507 e. The van der Waals surface area contributed by atoms with Crippen LogP contribution in [0, 0.1) is 22.7 Å². The number of phenolic OH excluding ortho intramolecular Hbond substituents is 2. The Balaban J connectivity index is 1.82. The molecule has 5 atom stereocenters. The van der Waals surface area contributed by atoms with Crippen molar-refractivity contribution in [3.8, 4) is 17.2 Å². The summed E-state index contributed by atoms with van der Waals surface area (Å²) in [4.78, 5) is 24.1. The smallest absolute Gasteiger partial charge is 0.157 e. The quantitative estimate of drug-likeness (QED) is 0.396. The van der Waals surface area contributed by atoms with Gasteiger partial charge in [-0.05, 0) is 49.5 Å². The monoisotopic (exact) mass is 474 g/mol. The minimum absolute atomic E-state index is 0.0641. The van der Waals surface area contributed by atoms with Gasteiger partial charge in [0.15, 0.2) is 12.6 Å². The highest BCUT2D eigenvalue weighted by Gasteiger charge is 2.67. The zero-order valence-electron chi connectivity index (χ0n) is 20.9. The van der Waals surface area contributed by atoms with E-state index in [1.807, 2.05) is 30.3 Å². The average molecular weight is 475 g/mol. The van der Waals surface area contributed by atoms with E-state index in [2.05, 4.69) is 33.8 Å². The molecule has 5 rings (SSSR count). The van der Waals surface area contributed by atoms with Crippen molar-refractivity contribution in [3.05, 3.63) is 64.2 Å². The molecule has 2 aromatic carbocycles. The summed E-state index contributed by atoms with van der Waals surface area (Å²) in [5.74, 6) is -0.189. The first-order valence-electron chi connectivity index (χ1n) is 12.6. The van der Waals surface area contributed by atoms with Crippen LogP contribution in [0.15, 0.2) is 42.0 Å². The van der Waals surface area contributed by atoms with E-state index in [0.29, 0.717) is 24.1 Å². The molecule has 2 aliphatic carbocycles. The van der Waals surface area contributed by atoms with Gasteiger partial charge < -0.3 is 14.9 Å². The Morgan fingerprint density at radius 1 is 1.00 bits per heavy atom. The van der Waals surface area contributed by atoms with Crippen LogP contribution in [0.1, 0.15) is 91.1 Å². The zero-order chi connectivity index (χ0) is 25.1. The molecule has 5 nitrogen and oxygen atoms in total. The number of hydrogen-bond donors (Lipinski definition) is 2. The van der Waals surface area contributed by atoms with Crippen molar-refractivity contribution < 1.29 is 24.5 Å². The minimum atomic E-state index is -0.522. The summed E-state index contributed by atoms with van der Waals surface area (Å²) < 4.78 is 6.73. The second-order valence-electron chi connectivity index (χ2n) is 11.5. The second-order valence-corrected chi connectivity index (χ2v) is 11.5. The Bertz CT molecular complexity index is 1210. The number of ether oxygens (including phenoxy) is 1. The van der Waals surface area contributed by atoms with E-state index in [1.54, 1.807) is 0 Å². The number of phenols is 2. The maximum absolute atomic E-state index is 12.2. The molecular formula is C30H34O5. The molecule has 184 valence electrons. The van der Waals surface area contributed by atoms with E-state index in [1.165, 1.54) is 5.57 Å². The standard InChI is InChI=1S/C30H34O5/c1-17-9-8-14-30(4)23(18-10-6-5-7-11-18)22-26(34)19(15-31)25(33)20(16-32)27(22)35-28(30)24-21(13-12-17)29(24,2)3/h5-7,9-11,15-16,21,23-24,28,33-34H,8,12-14H2,1-4H3/b17-9-. The van der Waals surface area contributed by atoms with Crippen LogP contribution in [0.25, 0.3) is 0 Å². The lowest BCUT2D eigenvalue weighted by Gasteiger charge is -2.50. The minimum Gasteiger partial charge on any atom is -0.507 e. The highest BCUT2D eigenvalue weighted by molar-refractivity contribution is 5.95. The van der Waals surface area contributed by atoms with Gasteiger partial charge in [0.1, 0.15) is 23.4 Å². The van der Waals surface area contributed by atoms with Crippen molar-refractivity contribution >= 4 is 12.6 Å². The topological polar surface area (TPSA) is 83.8 Å². The van der Waals surface area contributed by atoms with Gasteiger partial charge in [-0.15, -0.1) is 0 Å². The third kappa shape index (κ3) is 3.42. The third-order valence-corrected chi connectivity index (χ3v) is 9.21. The number of rotatable bonds is 3. The first kappa shape index (κ1) is 23.7. The summed E-state index contributed by atoms with van der Waals surface area (Å²) in [5, 5.41) is 22.0. The molecule has 0 aromatic heterocycles. The van der Waals surface area contributed by atoms with Gasteiger partial charge >= 0.3 is 0 Å². The number of aldehydes is 2. The number of fused-ring (bicyclic) bond motifs is 4. The van der Waals surface area contributed by atoms with E-state index >= 15 is 0 Å². The van der Waals surface area contributed by atoms with Gasteiger partial charge in [0.2, 0.25) is 0 Å². The van der Waals surface area contributed by atoms with Crippen molar-refractivity contribution in [2.45, 2.75) is 65.4 Å². The molecule has 1 fully saturated rings. The zero-order valence-corrected chi connectivity index (χ0v) is 20.9. The molecule has 5 heteroatoms. The third-order valence-electron chi connectivity index (χ3n) is 9.21. The second kappa shape index (κ2) is 8.25. The van der Waals surface area contributed by atoms with Crippen LogP contribution in [-0.4, -0.2) is 28.9 Å². The first-order valence-corrected chi connectivity index (χ1v) is 12.6. The molecule has 1 heterocycles. The lowest BCUT2D eigenvalue weighted by molar-refractivity contribution is -0.00817. The average Bonchev–Trinajstić information content (AvgIpc) is 3.38. The summed E-state index contributed by atoms with van der Waals surface area (Å²) in [6.45, 7) is 9.01. The molecule has 1 saturated carbocycles. The van der Waals surface area contributed by atoms with Gasteiger partial charge in [0.25, 0.3) is 0 Å². The summed E-state index contributed by atoms with van der Waals surface area (Å²) in [6, 6.07) is 9.95. The Morgan fingerprint density at radius 3 is 2.34 bits per heavy atom. The van der Waals surface area contributed by atoms with Crippen LogP contribution in [0.4, 0.5) is 0 Å².